The molecule has 2 aromatic carbocycles. The molecule has 1 atom stereocenters. The van der Waals surface area contributed by atoms with Crippen molar-refractivity contribution in [3.05, 3.63) is 54.1 Å². The summed E-state index contributed by atoms with van der Waals surface area (Å²) in [6.45, 7) is 5.93. The number of aliphatic imine (C=N–C) groups is 1. The average molecular weight is 357 g/mol. The Morgan fingerprint density at radius 1 is 1.12 bits per heavy atom. The largest absolute Gasteiger partial charge is 0.508 e. The van der Waals surface area contributed by atoms with Gasteiger partial charge in [-0.25, -0.2) is 4.99 Å². The molecule has 0 amide bonds. The van der Waals surface area contributed by atoms with E-state index in [1.54, 1.807) is 19.2 Å². The van der Waals surface area contributed by atoms with Crippen LogP contribution >= 0.6 is 0 Å². The molecule has 0 aliphatic heterocycles. The van der Waals surface area contributed by atoms with Crippen molar-refractivity contribution in [3.8, 4) is 17.2 Å². The predicted octanol–water partition coefficient (Wildman–Crippen LogP) is 2.92. The number of nitrogens with one attached hydrogen (secondary N) is 2. The van der Waals surface area contributed by atoms with E-state index < -0.39 is 0 Å². The van der Waals surface area contributed by atoms with Crippen LogP contribution in [0.15, 0.2) is 53.5 Å². The van der Waals surface area contributed by atoms with Crippen LogP contribution in [0.4, 0.5) is 0 Å². The number of hydrogen-bond acceptors (Lipinski definition) is 4. The van der Waals surface area contributed by atoms with Crippen molar-refractivity contribution in [1.82, 2.24) is 10.6 Å². The van der Waals surface area contributed by atoms with Crippen LogP contribution < -0.4 is 20.1 Å². The molecule has 2 rings (SSSR count). The zero-order valence-electron chi connectivity index (χ0n) is 15.5. The van der Waals surface area contributed by atoms with Crippen LogP contribution in [0.5, 0.6) is 17.2 Å². The normalized spacial score (nSPS) is 12.3. The molecule has 3 N–H and O–H groups in total. The highest BCUT2D eigenvalue weighted by atomic mass is 16.5. The average Bonchev–Trinajstić information content (AvgIpc) is 2.65. The third-order valence-corrected chi connectivity index (χ3v) is 3.64. The van der Waals surface area contributed by atoms with Gasteiger partial charge in [-0.3, -0.25) is 0 Å². The first kappa shape index (κ1) is 19.4. The molecule has 0 fully saturated rings. The Kier molecular flexibility index (Phi) is 7.61. The van der Waals surface area contributed by atoms with Gasteiger partial charge >= 0.3 is 0 Å². The molecule has 1 unspecified atom stereocenters. The first-order valence-electron chi connectivity index (χ1n) is 8.71. The van der Waals surface area contributed by atoms with Crippen LogP contribution in [-0.4, -0.2) is 37.4 Å². The van der Waals surface area contributed by atoms with Crippen molar-refractivity contribution in [2.75, 3.05) is 20.2 Å². The highest BCUT2D eigenvalue weighted by Crippen LogP contribution is 2.19. The molecule has 0 bridgehead atoms. The van der Waals surface area contributed by atoms with Crippen LogP contribution in [0.25, 0.3) is 0 Å². The molecule has 0 aromatic heterocycles. The van der Waals surface area contributed by atoms with Crippen molar-refractivity contribution < 1.29 is 14.6 Å². The lowest BCUT2D eigenvalue weighted by Crippen LogP contribution is -2.41. The lowest BCUT2D eigenvalue weighted by molar-refractivity contribution is 0.223. The number of guanidine groups is 1. The summed E-state index contributed by atoms with van der Waals surface area (Å²) < 4.78 is 11.1. The van der Waals surface area contributed by atoms with E-state index in [4.69, 9.17) is 9.47 Å². The minimum absolute atomic E-state index is 0.0420. The lowest BCUT2D eigenvalue weighted by Gasteiger charge is -2.18. The van der Waals surface area contributed by atoms with E-state index in [9.17, 15) is 5.11 Å². The van der Waals surface area contributed by atoms with Crippen molar-refractivity contribution in [2.24, 2.45) is 4.99 Å². The predicted molar refractivity (Wildman–Crippen MR) is 104 cm³/mol. The molecule has 0 heterocycles. The van der Waals surface area contributed by atoms with Gasteiger partial charge in [0.25, 0.3) is 0 Å². The molecule has 26 heavy (non-hydrogen) atoms. The summed E-state index contributed by atoms with van der Waals surface area (Å²) in [5.74, 6) is 2.52. The third-order valence-electron chi connectivity index (χ3n) is 3.64. The summed E-state index contributed by atoms with van der Waals surface area (Å²) in [7, 11) is 1.64. The zero-order chi connectivity index (χ0) is 18.8. The van der Waals surface area contributed by atoms with Gasteiger partial charge in [0, 0.05) is 12.6 Å². The smallest absolute Gasteiger partial charge is 0.191 e. The highest BCUT2D eigenvalue weighted by Gasteiger charge is 2.06. The van der Waals surface area contributed by atoms with Crippen LogP contribution in [0, 0.1) is 0 Å². The van der Waals surface area contributed by atoms with Crippen LogP contribution in [-0.2, 0) is 6.54 Å². The van der Waals surface area contributed by atoms with Crippen molar-refractivity contribution in [2.45, 2.75) is 26.5 Å². The van der Waals surface area contributed by atoms with E-state index in [0.29, 0.717) is 13.1 Å². The Hall–Kier alpha value is -2.89. The first-order valence-corrected chi connectivity index (χ1v) is 8.71. The topological polar surface area (TPSA) is 75.1 Å². The number of methoxy groups -OCH3 is 1. The molecule has 0 saturated heterocycles. The van der Waals surface area contributed by atoms with Gasteiger partial charge in [0.15, 0.2) is 5.96 Å². The van der Waals surface area contributed by atoms with Gasteiger partial charge in [-0.2, -0.15) is 0 Å². The standard InChI is InChI=1S/C20H27N3O3/c1-4-21-20(23-14-16-8-10-17(24)11-9-16)22-13-15(2)26-19-7-5-6-18(12-19)25-3/h5-12,15,24H,4,13-14H2,1-3H3,(H2,21,22,23). The van der Waals surface area contributed by atoms with Gasteiger partial charge in [0.2, 0.25) is 0 Å². The summed E-state index contributed by atoms with van der Waals surface area (Å²) in [6, 6.07) is 14.6. The van der Waals surface area contributed by atoms with Gasteiger partial charge in [-0.05, 0) is 43.7 Å². The summed E-state index contributed by atoms with van der Waals surface area (Å²) in [6.07, 6.45) is -0.0420. The second-order valence-corrected chi connectivity index (χ2v) is 5.85. The molecule has 140 valence electrons. The quantitative estimate of drug-likeness (QED) is 0.500. The fourth-order valence-electron chi connectivity index (χ4n) is 2.30. The third kappa shape index (κ3) is 6.55. The summed E-state index contributed by atoms with van der Waals surface area (Å²) >= 11 is 0. The number of phenols is 1. The minimum Gasteiger partial charge on any atom is -0.508 e. The lowest BCUT2D eigenvalue weighted by atomic mass is 10.2. The molecule has 0 saturated carbocycles. The number of aromatic hydroxyl groups is 1. The number of ether oxygens (including phenoxy) is 2. The highest BCUT2D eigenvalue weighted by molar-refractivity contribution is 5.79. The van der Waals surface area contributed by atoms with Gasteiger partial charge in [0.1, 0.15) is 23.4 Å². The second-order valence-electron chi connectivity index (χ2n) is 5.85. The number of rotatable bonds is 8. The van der Waals surface area contributed by atoms with Crippen LogP contribution in [0.1, 0.15) is 19.4 Å². The maximum atomic E-state index is 9.34. The molecular formula is C20H27N3O3. The summed E-state index contributed by atoms with van der Waals surface area (Å²) in [5.41, 5.74) is 1.03. The fraction of sp³-hybridized carbons (Fsp3) is 0.350. The van der Waals surface area contributed by atoms with Crippen molar-refractivity contribution in [3.63, 3.8) is 0 Å². The number of benzene rings is 2. The molecule has 0 spiro atoms. The Morgan fingerprint density at radius 2 is 1.85 bits per heavy atom. The maximum Gasteiger partial charge on any atom is 0.191 e. The van der Waals surface area contributed by atoms with E-state index >= 15 is 0 Å². The van der Waals surface area contributed by atoms with Gasteiger partial charge in [-0.1, -0.05) is 18.2 Å². The molecule has 6 nitrogen and oxygen atoms in total. The van der Waals surface area contributed by atoms with Gasteiger partial charge < -0.3 is 25.2 Å². The van der Waals surface area contributed by atoms with Crippen molar-refractivity contribution >= 4 is 5.96 Å². The monoisotopic (exact) mass is 357 g/mol. The maximum absolute atomic E-state index is 9.34. The van der Waals surface area contributed by atoms with E-state index in [2.05, 4.69) is 15.6 Å². The summed E-state index contributed by atoms with van der Waals surface area (Å²) in [4.78, 5) is 4.56. The molecule has 2 aromatic rings. The van der Waals surface area contributed by atoms with Gasteiger partial charge in [-0.15, -0.1) is 0 Å². The number of hydrogen-bond donors (Lipinski definition) is 3. The zero-order valence-corrected chi connectivity index (χ0v) is 15.5. The Bertz CT molecular complexity index is 702. The molecule has 6 heteroatoms. The SMILES string of the molecule is CCNC(=NCc1ccc(O)cc1)NCC(C)Oc1cccc(OC)c1. The number of phenolic OH excluding ortho intramolecular Hbond substituents is 1. The van der Waals surface area contributed by atoms with E-state index in [1.807, 2.05) is 50.2 Å². The molecule has 0 radical (unpaired) electrons. The van der Waals surface area contributed by atoms with Crippen molar-refractivity contribution in [1.29, 1.82) is 0 Å². The van der Waals surface area contributed by atoms with Gasteiger partial charge in [0.05, 0.1) is 20.2 Å². The first-order chi connectivity index (χ1) is 12.6. The van der Waals surface area contributed by atoms with Crippen LogP contribution in [0.2, 0.25) is 0 Å². The number of nitrogens with zero attached hydrogens (tertiary/aromatic N) is 1. The Labute approximate surface area is 154 Å². The molecule has 0 aliphatic rings. The van der Waals surface area contributed by atoms with Crippen LogP contribution in [0.3, 0.4) is 0 Å². The molecule has 0 aliphatic carbocycles. The fourth-order valence-corrected chi connectivity index (χ4v) is 2.30. The Balaban J connectivity index is 1.87. The van der Waals surface area contributed by atoms with E-state index in [0.717, 1.165) is 29.6 Å². The Morgan fingerprint density at radius 3 is 2.54 bits per heavy atom. The summed E-state index contributed by atoms with van der Waals surface area (Å²) in [5, 5.41) is 15.8. The van der Waals surface area contributed by atoms with E-state index in [-0.39, 0.29) is 11.9 Å². The minimum atomic E-state index is -0.0420. The molecular weight excluding hydrogens is 330 g/mol. The van der Waals surface area contributed by atoms with E-state index in [1.165, 1.54) is 0 Å². The second kappa shape index (κ2) is 10.2.